The van der Waals surface area contributed by atoms with Gasteiger partial charge in [0.2, 0.25) is 0 Å². The average molecular weight is 321 g/mol. The van der Waals surface area contributed by atoms with Crippen molar-refractivity contribution in [3.05, 3.63) is 42.2 Å². The lowest BCUT2D eigenvalue weighted by atomic mass is 10.0. The Morgan fingerprint density at radius 2 is 1.77 bits per heavy atom. The molecule has 3 heteroatoms. The first-order valence-corrected chi connectivity index (χ1v) is 8.21. The summed E-state index contributed by atoms with van der Waals surface area (Å²) in [7, 11) is 0. The first-order valence-electron chi connectivity index (χ1n) is 8.21. The third kappa shape index (κ3) is 6.33. The van der Waals surface area contributed by atoms with Crippen LogP contribution in [0.5, 0.6) is 0 Å². The van der Waals surface area contributed by atoms with E-state index in [-0.39, 0.29) is 12.4 Å². The van der Waals surface area contributed by atoms with E-state index in [1.165, 1.54) is 42.0 Å². The highest BCUT2D eigenvalue weighted by molar-refractivity contribution is 5.85. The van der Waals surface area contributed by atoms with E-state index < -0.39 is 0 Å². The summed E-state index contributed by atoms with van der Waals surface area (Å²) in [4.78, 5) is 4.16. The van der Waals surface area contributed by atoms with Gasteiger partial charge in [-0.3, -0.25) is 4.98 Å². The van der Waals surface area contributed by atoms with Crippen LogP contribution >= 0.6 is 12.4 Å². The van der Waals surface area contributed by atoms with Crippen molar-refractivity contribution in [1.29, 1.82) is 0 Å². The van der Waals surface area contributed by atoms with Crippen LogP contribution < -0.4 is 5.32 Å². The number of unbranched alkanes of at least 4 members (excludes halogenated alkanes) is 1. The van der Waals surface area contributed by atoms with Gasteiger partial charge in [-0.1, -0.05) is 45.2 Å². The predicted octanol–water partition coefficient (Wildman–Crippen LogP) is 5.35. The van der Waals surface area contributed by atoms with Crippen LogP contribution in [-0.2, 0) is 6.54 Å². The molecule has 0 saturated heterocycles. The van der Waals surface area contributed by atoms with Gasteiger partial charge in [-0.05, 0) is 42.3 Å². The molecule has 1 atom stereocenters. The summed E-state index contributed by atoms with van der Waals surface area (Å²) in [5.74, 6) is 0.834. The number of nitrogens with zero attached hydrogens (tertiary/aromatic N) is 1. The molecule has 0 aliphatic rings. The Kier molecular flexibility index (Phi) is 8.44. The number of hydrogen-bond acceptors (Lipinski definition) is 2. The Labute approximate surface area is 141 Å². The number of pyridine rings is 1. The summed E-state index contributed by atoms with van der Waals surface area (Å²) in [5.41, 5.74) is 1.35. The summed E-state index contributed by atoms with van der Waals surface area (Å²) in [6.07, 6.45) is 9.08. The van der Waals surface area contributed by atoms with E-state index in [0.29, 0.717) is 6.04 Å². The van der Waals surface area contributed by atoms with E-state index in [0.717, 1.165) is 12.5 Å². The van der Waals surface area contributed by atoms with Crippen molar-refractivity contribution in [2.24, 2.45) is 5.92 Å². The fourth-order valence-corrected chi connectivity index (χ4v) is 2.64. The number of hydrogen-bond donors (Lipinski definition) is 1. The number of aromatic nitrogens is 1. The molecule has 0 bridgehead atoms. The molecule has 0 radical (unpaired) electrons. The van der Waals surface area contributed by atoms with E-state index in [2.05, 4.69) is 55.3 Å². The van der Waals surface area contributed by atoms with Gasteiger partial charge < -0.3 is 5.32 Å². The lowest BCUT2D eigenvalue weighted by Gasteiger charge is -2.14. The Morgan fingerprint density at radius 1 is 1.00 bits per heavy atom. The molecule has 2 aromatic rings. The van der Waals surface area contributed by atoms with Crippen molar-refractivity contribution < 1.29 is 0 Å². The van der Waals surface area contributed by atoms with E-state index >= 15 is 0 Å². The van der Waals surface area contributed by atoms with Crippen molar-refractivity contribution >= 4 is 23.2 Å². The molecule has 0 saturated carbocycles. The molecule has 0 fully saturated rings. The minimum absolute atomic E-state index is 0. The highest BCUT2D eigenvalue weighted by Gasteiger charge is 2.03. The average Bonchev–Trinajstić information content (AvgIpc) is 2.49. The Balaban J connectivity index is 0.00000242. The van der Waals surface area contributed by atoms with E-state index in [4.69, 9.17) is 0 Å². The standard InChI is InChI=1S/C19H28N2.ClH/c1-15(2)6-4-5-7-16(3)21-13-17-8-9-19-14-20-11-10-18(19)12-17;/h8-12,14-16,21H,4-7,13H2,1-3H3;1H/t16-;/m1./s1. The van der Waals surface area contributed by atoms with Gasteiger partial charge in [-0.25, -0.2) is 0 Å². The molecule has 22 heavy (non-hydrogen) atoms. The Morgan fingerprint density at radius 3 is 2.55 bits per heavy atom. The van der Waals surface area contributed by atoms with Gasteiger partial charge in [0.15, 0.2) is 0 Å². The van der Waals surface area contributed by atoms with Gasteiger partial charge >= 0.3 is 0 Å². The van der Waals surface area contributed by atoms with Gasteiger partial charge in [-0.2, -0.15) is 0 Å². The van der Waals surface area contributed by atoms with Gasteiger partial charge in [0, 0.05) is 30.4 Å². The molecule has 0 aliphatic carbocycles. The number of rotatable bonds is 8. The van der Waals surface area contributed by atoms with E-state index in [9.17, 15) is 0 Å². The second kappa shape index (κ2) is 9.81. The fraction of sp³-hybridized carbons (Fsp3) is 0.526. The smallest absolute Gasteiger partial charge is 0.0346 e. The van der Waals surface area contributed by atoms with Gasteiger partial charge in [0.1, 0.15) is 0 Å². The first kappa shape index (κ1) is 18.9. The van der Waals surface area contributed by atoms with Crippen molar-refractivity contribution in [2.45, 2.75) is 59.0 Å². The number of benzene rings is 1. The Bertz CT molecular complexity index is 554. The second-order valence-electron chi connectivity index (χ2n) is 6.52. The number of fused-ring (bicyclic) bond motifs is 1. The summed E-state index contributed by atoms with van der Waals surface area (Å²) < 4.78 is 0. The number of halogens is 1. The second-order valence-corrected chi connectivity index (χ2v) is 6.52. The van der Waals surface area contributed by atoms with Crippen LogP contribution in [0.3, 0.4) is 0 Å². The minimum atomic E-state index is 0. The van der Waals surface area contributed by atoms with Crippen LogP contribution in [0.4, 0.5) is 0 Å². The highest BCUT2D eigenvalue weighted by atomic mass is 35.5. The molecule has 0 unspecified atom stereocenters. The molecule has 2 nitrogen and oxygen atoms in total. The zero-order valence-corrected chi connectivity index (χ0v) is 14.8. The largest absolute Gasteiger partial charge is 0.310 e. The summed E-state index contributed by atoms with van der Waals surface area (Å²) in [6, 6.07) is 9.28. The van der Waals surface area contributed by atoms with Gasteiger partial charge in [-0.15, -0.1) is 12.4 Å². The maximum Gasteiger partial charge on any atom is 0.0346 e. The molecular weight excluding hydrogens is 292 g/mol. The quantitative estimate of drug-likeness (QED) is 0.663. The topological polar surface area (TPSA) is 24.9 Å². The number of nitrogens with one attached hydrogen (secondary N) is 1. The summed E-state index contributed by atoms with van der Waals surface area (Å²) in [5, 5.41) is 6.12. The monoisotopic (exact) mass is 320 g/mol. The lowest BCUT2D eigenvalue weighted by molar-refractivity contribution is 0.461. The van der Waals surface area contributed by atoms with Crippen molar-refractivity contribution in [3.63, 3.8) is 0 Å². The lowest BCUT2D eigenvalue weighted by Crippen LogP contribution is -2.25. The van der Waals surface area contributed by atoms with Crippen molar-refractivity contribution in [2.75, 3.05) is 0 Å². The van der Waals surface area contributed by atoms with Crippen LogP contribution in [0.1, 0.15) is 52.0 Å². The normalized spacial score (nSPS) is 12.4. The maximum absolute atomic E-state index is 4.16. The molecule has 1 N–H and O–H groups in total. The highest BCUT2D eigenvalue weighted by Crippen LogP contribution is 2.15. The molecule has 0 aliphatic heterocycles. The van der Waals surface area contributed by atoms with Gasteiger partial charge in [0.25, 0.3) is 0 Å². The van der Waals surface area contributed by atoms with E-state index in [1.54, 1.807) is 0 Å². The minimum Gasteiger partial charge on any atom is -0.310 e. The molecular formula is C19H29ClN2. The zero-order valence-electron chi connectivity index (χ0n) is 14.0. The molecule has 0 spiro atoms. The third-order valence-corrected chi connectivity index (χ3v) is 4.03. The molecule has 0 amide bonds. The molecule has 1 aromatic heterocycles. The zero-order chi connectivity index (χ0) is 15.1. The molecule has 122 valence electrons. The third-order valence-electron chi connectivity index (χ3n) is 4.03. The predicted molar refractivity (Wildman–Crippen MR) is 98.6 cm³/mol. The maximum atomic E-state index is 4.16. The molecule has 2 rings (SSSR count). The van der Waals surface area contributed by atoms with Crippen LogP contribution in [0.2, 0.25) is 0 Å². The van der Waals surface area contributed by atoms with Gasteiger partial charge in [0.05, 0.1) is 0 Å². The van der Waals surface area contributed by atoms with Crippen molar-refractivity contribution in [1.82, 2.24) is 10.3 Å². The summed E-state index contributed by atoms with van der Waals surface area (Å²) >= 11 is 0. The van der Waals surface area contributed by atoms with Crippen LogP contribution in [-0.4, -0.2) is 11.0 Å². The van der Waals surface area contributed by atoms with Crippen LogP contribution in [0.15, 0.2) is 36.7 Å². The molecule has 1 aromatic carbocycles. The molecule has 1 heterocycles. The SMILES string of the molecule is CC(C)CCCC[C@@H](C)NCc1ccc2cnccc2c1.Cl. The first-order chi connectivity index (χ1) is 10.1. The fourth-order valence-electron chi connectivity index (χ4n) is 2.64. The van der Waals surface area contributed by atoms with Crippen LogP contribution in [0, 0.1) is 5.92 Å². The summed E-state index contributed by atoms with van der Waals surface area (Å²) in [6.45, 7) is 7.85. The Hall–Kier alpha value is -1.12. The van der Waals surface area contributed by atoms with Crippen molar-refractivity contribution in [3.8, 4) is 0 Å². The van der Waals surface area contributed by atoms with E-state index in [1.807, 2.05) is 12.4 Å². The van der Waals surface area contributed by atoms with Crippen LogP contribution in [0.25, 0.3) is 10.8 Å².